The monoisotopic (exact) mass is 380 g/mol. The second-order valence-electron chi connectivity index (χ2n) is 6.21. The number of amides is 1. The van der Waals surface area contributed by atoms with Gasteiger partial charge < -0.3 is 14.4 Å². The number of hydrogen-bond donors (Lipinski definition) is 0. The van der Waals surface area contributed by atoms with Crippen LogP contribution < -0.4 is 9.47 Å². The average Bonchev–Trinajstić information content (AvgIpc) is 3.22. The second kappa shape index (κ2) is 7.48. The molecule has 0 saturated carbocycles. The first-order chi connectivity index (χ1) is 13.2. The lowest BCUT2D eigenvalue weighted by Crippen LogP contribution is -2.31. The van der Waals surface area contributed by atoms with Crippen LogP contribution in [0.1, 0.15) is 21.4 Å². The van der Waals surface area contributed by atoms with Crippen LogP contribution in [0.25, 0.3) is 10.8 Å². The summed E-state index contributed by atoms with van der Waals surface area (Å²) in [5.74, 6) is 2.29. The molecule has 2 heterocycles. The molecular weight excluding hydrogens is 360 g/mol. The molecule has 2 aromatic carbocycles. The molecule has 1 aliphatic rings. The van der Waals surface area contributed by atoms with Crippen LogP contribution in [0.5, 0.6) is 11.5 Å². The summed E-state index contributed by atoms with van der Waals surface area (Å²) in [5, 5.41) is 1.75. The zero-order valence-corrected chi connectivity index (χ0v) is 16.0. The van der Waals surface area contributed by atoms with Crippen LogP contribution in [-0.2, 0) is 0 Å². The molecule has 5 nitrogen and oxygen atoms in total. The minimum absolute atomic E-state index is 0.0633. The molecule has 1 amide bonds. The highest BCUT2D eigenvalue weighted by molar-refractivity contribution is 7.99. The van der Waals surface area contributed by atoms with E-state index >= 15 is 0 Å². The molecular formula is C21H20N2O3S. The van der Waals surface area contributed by atoms with Gasteiger partial charge in [0, 0.05) is 29.4 Å². The summed E-state index contributed by atoms with van der Waals surface area (Å²) < 4.78 is 10.9. The van der Waals surface area contributed by atoms with Gasteiger partial charge in [0.2, 0.25) is 0 Å². The maximum absolute atomic E-state index is 13.4. The molecule has 0 radical (unpaired) electrons. The van der Waals surface area contributed by atoms with E-state index in [1.807, 2.05) is 53.4 Å². The lowest BCUT2D eigenvalue weighted by atomic mass is 10.1. The standard InChI is InChI=1S/C21H20N2O3S/c1-25-15-7-8-18(26-2)17(13-15)21-23(11-12-27-21)20(24)19-16-6-4-3-5-14(16)9-10-22-19/h3-10,13,21H,11-12H2,1-2H3. The molecule has 6 heteroatoms. The average molecular weight is 380 g/mol. The molecule has 0 bridgehead atoms. The number of rotatable bonds is 4. The molecule has 0 aliphatic carbocycles. The number of nitrogens with zero attached hydrogens (tertiary/aromatic N) is 2. The molecule has 27 heavy (non-hydrogen) atoms. The molecule has 0 spiro atoms. The van der Waals surface area contributed by atoms with Gasteiger partial charge in [0.15, 0.2) is 0 Å². The number of methoxy groups -OCH3 is 2. The lowest BCUT2D eigenvalue weighted by Gasteiger charge is -2.26. The van der Waals surface area contributed by atoms with E-state index in [0.717, 1.165) is 33.6 Å². The Labute approximate surface area is 162 Å². The topological polar surface area (TPSA) is 51.7 Å². The molecule has 1 aromatic heterocycles. The van der Waals surface area contributed by atoms with Crippen LogP contribution in [0.4, 0.5) is 0 Å². The van der Waals surface area contributed by atoms with Crippen LogP contribution in [0.3, 0.4) is 0 Å². The fourth-order valence-electron chi connectivity index (χ4n) is 3.39. The van der Waals surface area contributed by atoms with Gasteiger partial charge in [-0.25, -0.2) is 0 Å². The van der Waals surface area contributed by atoms with Gasteiger partial charge >= 0.3 is 0 Å². The summed E-state index contributed by atoms with van der Waals surface area (Å²) in [4.78, 5) is 19.6. The quantitative estimate of drug-likeness (QED) is 0.681. The Morgan fingerprint density at radius 2 is 2.00 bits per heavy atom. The van der Waals surface area contributed by atoms with Crippen molar-refractivity contribution in [2.45, 2.75) is 5.37 Å². The number of ether oxygens (including phenoxy) is 2. The van der Waals surface area contributed by atoms with Crippen molar-refractivity contribution in [1.82, 2.24) is 9.88 Å². The first kappa shape index (κ1) is 17.7. The van der Waals surface area contributed by atoms with E-state index in [1.54, 1.807) is 32.2 Å². The SMILES string of the molecule is COc1ccc(OC)c(C2SCCN2C(=O)c2nccc3ccccc23)c1. The predicted molar refractivity (Wildman–Crippen MR) is 108 cm³/mol. The third-order valence-corrected chi connectivity index (χ3v) is 5.97. The van der Waals surface area contributed by atoms with Gasteiger partial charge in [-0.15, -0.1) is 11.8 Å². The Morgan fingerprint density at radius 3 is 2.81 bits per heavy atom. The number of carbonyl (C=O) groups excluding carboxylic acids is 1. The van der Waals surface area contributed by atoms with Crippen molar-refractivity contribution in [3.63, 3.8) is 0 Å². The number of thioether (sulfide) groups is 1. The van der Waals surface area contributed by atoms with Crippen molar-refractivity contribution >= 4 is 28.4 Å². The number of hydrogen-bond acceptors (Lipinski definition) is 5. The third kappa shape index (κ3) is 3.21. The van der Waals surface area contributed by atoms with Gasteiger partial charge in [-0.1, -0.05) is 24.3 Å². The summed E-state index contributed by atoms with van der Waals surface area (Å²) in [7, 11) is 3.28. The second-order valence-corrected chi connectivity index (χ2v) is 7.40. The Hall–Kier alpha value is -2.73. The summed E-state index contributed by atoms with van der Waals surface area (Å²) in [6.07, 6.45) is 1.69. The first-order valence-corrected chi connectivity index (χ1v) is 9.76. The molecule has 1 fully saturated rings. The van der Waals surface area contributed by atoms with Crippen molar-refractivity contribution in [2.24, 2.45) is 0 Å². The lowest BCUT2D eigenvalue weighted by molar-refractivity contribution is 0.0755. The minimum atomic E-state index is -0.136. The summed E-state index contributed by atoms with van der Waals surface area (Å²) in [6.45, 7) is 0.666. The zero-order valence-electron chi connectivity index (χ0n) is 15.2. The zero-order chi connectivity index (χ0) is 18.8. The molecule has 3 aromatic rings. The Kier molecular flexibility index (Phi) is 4.90. The van der Waals surface area contributed by atoms with Crippen molar-refractivity contribution in [3.05, 3.63) is 66.0 Å². The number of fused-ring (bicyclic) bond motifs is 1. The highest BCUT2D eigenvalue weighted by atomic mass is 32.2. The summed E-state index contributed by atoms with van der Waals surface area (Å²) in [5.41, 5.74) is 1.43. The molecule has 0 N–H and O–H groups in total. The predicted octanol–water partition coefficient (Wildman–Crippen LogP) is 4.14. The largest absolute Gasteiger partial charge is 0.497 e. The van der Waals surface area contributed by atoms with Crippen LogP contribution in [0.2, 0.25) is 0 Å². The van der Waals surface area contributed by atoms with Gasteiger partial charge in [0.25, 0.3) is 5.91 Å². The van der Waals surface area contributed by atoms with Gasteiger partial charge in [-0.2, -0.15) is 0 Å². The highest BCUT2D eigenvalue weighted by Crippen LogP contribution is 2.44. The maximum Gasteiger partial charge on any atom is 0.274 e. The third-order valence-electron chi connectivity index (χ3n) is 4.73. The van der Waals surface area contributed by atoms with E-state index in [-0.39, 0.29) is 11.3 Å². The van der Waals surface area contributed by atoms with Crippen molar-refractivity contribution in [2.75, 3.05) is 26.5 Å². The number of benzene rings is 2. The number of aromatic nitrogens is 1. The van der Waals surface area contributed by atoms with Crippen LogP contribution in [0, 0.1) is 0 Å². The van der Waals surface area contributed by atoms with Crippen molar-refractivity contribution in [3.8, 4) is 11.5 Å². The van der Waals surface area contributed by atoms with E-state index in [4.69, 9.17) is 9.47 Å². The van der Waals surface area contributed by atoms with Crippen molar-refractivity contribution < 1.29 is 14.3 Å². The van der Waals surface area contributed by atoms with E-state index in [9.17, 15) is 4.79 Å². The molecule has 138 valence electrons. The fraction of sp³-hybridized carbons (Fsp3) is 0.238. The van der Waals surface area contributed by atoms with E-state index < -0.39 is 0 Å². The normalized spacial score (nSPS) is 16.5. The van der Waals surface area contributed by atoms with Gasteiger partial charge in [-0.05, 0) is 29.7 Å². The summed E-state index contributed by atoms with van der Waals surface area (Å²) >= 11 is 1.72. The molecule has 1 unspecified atom stereocenters. The molecule has 1 aliphatic heterocycles. The Morgan fingerprint density at radius 1 is 1.15 bits per heavy atom. The van der Waals surface area contributed by atoms with Crippen LogP contribution in [0.15, 0.2) is 54.7 Å². The van der Waals surface area contributed by atoms with Crippen LogP contribution in [-0.4, -0.2) is 42.3 Å². The fourth-order valence-corrected chi connectivity index (χ4v) is 4.66. The smallest absolute Gasteiger partial charge is 0.274 e. The molecule has 1 saturated heterocycles. The maximum atomic E-state index is 13.4. The van der Waals surface area contributed by atoms with E-state index in [2.05, 4.69) is 4.98 Å². The number of pyridine rings is 1. The highest BCUT2D eigenvalue weighted by Gasteiger charge is 2.34. The molecule has 1 atom stereocenters. The van der Waals surface area contributed by atoms with Gasteiger partial charge in [0.05, 0.1) is 14.2 Å². The minimum Gasteiger partial charge on any atom is -0.497 e. The first-order valence-electron chi connectivity index (χ1n) is 8.71. The van der Waals surface area contributed by atoms with Gasteiger partial charge in [-0.3, -0.25) is 9.78 Å². The van der Waals surface area contributed by atoms with Gasteiger partial charge in [0.1, 0.15) is 22.6 Å². The Bertz CT molecular complexity index is 987. The van der Waals surface area contributed by atoms with E-state index in [0.29, 0.717) is 12.2 Å². The van der Waals surface area contributed by atoms with Crippen molar-refractivity contribution in [1.29, 1.82) is 0 Å². The molecule has 4 rings (SSSR count). The number of carbonyl (C=O) groups is 1. The Balaban J connectivity index is 1.74. The van der Waals surface area contributed by atoms with E-state index in [1.165, 1.54) is 0 Å². The van der Waals surface area contributed by atoms with Crippen LogP contribution >= 0.6 is 11.8 Å². The summed E-state index contributed by atoms with van der Waals surface area (Å²) in [6, 6.07) is 15.4.